The Morgan fingerprint density at radius 3 is 2.81 bits per heavy atom. The lowest BCUT2D eigenvalue weighted by Crippen LogP contribution is -2.50. The van der Waals surface area contributed by atoms with Crippen LogP contribution in [-0.2, 0) is 16.0 Å². The predicted octanol–water partition coefficient (Wildman–Crippen LogP) is 2.71. The summed E-state index contributed by atoms with van der Waals surface area (Å²) in [4.78, 5) is 14.2. The van der Waals surface area contributed by atoms with Gasteiger partial charge < -0.3 is 14.7 Å². The van der Waals surface area contributed by atoms with Crippen LogP contribution in [0.5, 0.6) is 0 Å². The molecule has 4 heteroatoms. The molecule has 0 aromatic heterocycles. The number of para-hydroxylation sites is 1. The average Bonchev–Trinajstić information content (AvgIpc) is 2.51. The van der Waals surface area contributed by atoms with Gasteiger partial charge in [-0.05, 0) is 44.2 Å². The summed E-state index contributed by atoms with van der Waals surface area (Å²) in [6.07, 6.45) is 3.38. The highest BCUT2D eigenvalue weighted by atomic mass is 16.5. The van der Waals surface area contributed by atoms with Crippen molar-refractivity contribution in [3.63, 3.8) is 0 Å². The smallest absolute Gasteiger partial charge is 0.311 e. The van der Waals surface area contributed by atoms with Crippen molar-refractivity contribution < 1.29 is 14.6 Å². The van der Waals surface area contributed by atoms with Gasteiger partial charge in [0.15, 0.2) is 0 Å². The number of hydrogen-bond donors (Lipinski definition) is 1. The average molecular weight is 289 g/mol. The number of fused-ring (bicyclic) bond motifs is 1. The Morgan fingerprint density at radius 1 is 1.38 bits per heavy atom. The zero-order valence-electron chi connectivity index (χ0n) is 12.5. The molecule has 0 aliphatic carbocycles. The number of aliphatic carboxylic acids is 1. The van der Waals surface area contributed by atoms with E-state index in [2.05, 4.69) is 30.0 Å². The van der Waals surface area contributed by atoms with Crippen LogP contribution in [0.15, 0.2) is 24.3 Å². The van der Waals surface area contributed by atoms with Gasteiger partial charge in [0.1, 0.15) is 0 Å². The van der Waals surface area contributed by atoms with Crippen molar-refractivity contribution in [1.29, 1.82) is 0 Å². The van der Waals surface area contributed by atoms with E-state index < -0.39 is 11.4 Å². The number of carbonyl (C=O) groups is 1. The van der Waals surface area contributed by atoms with Crippen molar-refractivity contribution in [3.05, 3.63) is 29.8 Å². The van der Waals surface area contributed by atoms with E-state index in [1.165, 1.54) is 11.3 Å². The van der Waals surface area contributed by atoms with Crippen molar-refractivity contribution in [3.8, 4) is 0 Å². The molecular weight excluding hydrogens is 266 g/mol. The number of hydrogen-bond acceptors (Lipinski definition) is 3. The first-order valence-electron chi connectivity index (χ1n) is 7.78. The van der Waals surface area contributed by atoms with Crippen LogP contribution in [0.3, 0.4) is 0 Å². The molecule has 2 aliphatic rings. The molecule has 2 heterocycles. The minimum absolute atomic E-state index is 0.388. The van der Waals surface area contributed by atoms with Crippen molar-refractivity contribution in [1.82, 2.24) is 0 Å². The molecule has 3 rings (SSSR count). The Morgan fingerprint density at radius 2 is 2.10 bits per heavy atom. The fraction of sp³-hybridized carbons (Fsp3) is 0.588. The molecule has 0 amide bonds. The molecule has 1 aromatic carbocycles. The number of nitrogens with zero attached hydrogens (tertiary/aromatic N) is 1. The van der Waals surface area contributed by atoms with E-state index in [-0.39, 0.29) is 0 Å². The van der Waals surface area contributed by atoms with Gasteiger partial charge in [0.25, 0.3) is 0 Å². The summed E-state index contributed by atoms with van der Waals surface area (Å²) in [7, 11) is 0. The Balaban J connectivity index is 1.90. The van der Waals surface area contributed by atoms with Crippen LogP contribution >= 0.6 is 0 Å². The van der Waals surface area contributed by atoms with Gasteiger partial charge in [0.2, 0.25) is 0 Å². The molecule has 21 heavy (non-hydrogen) atoms. The molecule has 1 N–H and O–H groups in total. The van der Waals surface area contributed by atoms with Crippen LogP contribution in [-0.4, -0.2) is 36.9 Å². The summed E-state index contributed by atoms with van der Waals surface area (Å²) in [6, 6.07) is 8.78. The number of aryl methyl sites for hydroxylation is 1. The van der Waals surface area contributed by atoms with Crippen LogP contribution in [0.1, 0.15) is 31.7 Å². The van der Waals surface area contributed by atoms with Gasteiger partial charge in [-0.25, -0.2) is 0 Å². The van der Waals surface area contributed by atoms with Gasteiger partial charge in [-0.3, -0.25) is 4.79 Å². The van der Waals surface area contributed by atoms with E-state index in [1.54, 1.807) is 0 Å². The molecule has 4 nitrogen and oxygen atoms in total. The summed E-state index contributed by atoms with van der Waals surface area (Å²) in [5.74, 6) is -0.680. The molecular formula is C17H23NO3. The highest BCUT2D eigenvalue weighted by molar-refractivity contribution is 5.76. The molecule has 1 atom stereocenters. The Kier molecular flexibility index (Phi) is 3.89. The molecule has 1 fully saturated rings. The van der Waals surface area contributed by atoms with E-state index >= 15 is 0 Å². The maximum atomic E-state index is 11.9. The second-order valence-corrected chi connectivity index (χ2v) is 6.34. The lowest BCUT2D eigenvalue weighted by molar-refractivity contribution is -0.154. The summed E-state index contributed by atoms with van der Waals surface area (Å²) in [5, 5.41) is 9.77. The Bertz CT molecular complexity index is 523. The van der Waals surface area contributed by atoms with E-state index in [1.807, 2.05) is 6.07 Å². The summed E-state index contributed by atoms with van der Waals surface area (Å²) in [6.45, 7) is 3.89. The second kappa shape index (κ2) is 5.68. The maximum Gasteiger partial charge on any atom is 0.311 e. The van der Waals surface area contributed by atoms with Gasteiger partial charge in [-0.1, -0.05) is 18.2 Å². The highest BCUT2D eigenvalue weighted by Gasteiger charge is 2.43. The fourth-order valence-electron chi connectivity index (χ4n) is 3.53. The largest absolute Gasteiger partial charge is 0.481 e. The molecule has 1 aromatic rings. The van der Waals surface area contributed by atoms with Crippen LogP contribution < -0.4 is 4.90 Å². The molecule has 0 spiro atoms. The first kappa shape index (κ1) is 14.4. The van der Waals surface area contributed by atoms with Gasteiger partial charge in [-0.15, -0.1) is 0 Å². The molecule has 1 unspecified atom stereocenters. The lowest BCUT2D eigenvalue weighted by Gasteiger charge is -2.44. The van der Waals surface area contributed by atoms with Crippen LogP contribution in [0.25, 0.3) is 0 Å². The summed E-state index contributed by atoms with van der Waals surface area (Å²) in [5.41, 5.74) is 1.88. The Labute approximate surface area is 125 Å². The number of carboxylic acids is 1. The predicted molar refractivity (Wildman–Crippen MR) is 81.7 cm³/mol. The zero-order valence-corrected chi connectivity index (χ0v) is 12.5. The molecule has 0 bridgehead atoms. The Hall–Kier alpha value is -1.55. The van der Waals surface area contributed by atoms with Crippen molar-refractivity contribution in [2.45, 2.75) is 38.6 Å². The van der Waals surface area contributed by atoms with Gasteiger partial charge in [0.05, 0.1) is 5.41 Å². The van der Waals surface area contributed by atoms with E-state index in [0.29, 0.717) is 38.6 Å². The number of anilines is 1. The number of benzene rings is 1. The third kappa shape index (κ3) is 2.64. The minimum atomic E-state index is -0.680. The summed E-state index contributed by atoms with van der Waals surface area (Å²) < 4.78 is 5.38. The molecule has 0 radical (unpaired) electrons. The topological polar surface area (TPSA) is 49.8 Å². The fourth-order valence-corrected chi connectivity index (χ4v) is 3.53. The normalized spacial score (nSPS) is 24.4. The standard InChI is InChI=1S/C17H23NO3/c1-13-6-7-14-4-2-3-5-15(14)18(13)12-17(16(19)20)8-10-21-11-9-17/h2-5,13H,6-12H2,1H3,(H,19,20). The van der Waals surface area contributed by atoms with Gasteiger partial charge in [0, 0.05) is 31.5 Å². The lowest BCUT2D eigenvalue weighted by atomic mass is 9.78. The van der Waals surface area contributed by atoms with Crippen molar-refractivity contribution in [2.75, 3.05) is 24.7 Å². The quantitative estimate of drug-likeness (QED) is 0.929. The maximum absolute atomic E-state index is 11.9. The second-order valence-electron chi connectivity index (χ2n) is 6.34. The zero-order chi connectivity index (χ0) is 14.9. The molecule has 114 valence electrons. The number of carboxylic acid groups (broad SMARTS) is 1. The first-order valence-corrected chi connectivity index (χ1v) is 7.78. The van der Waals surface area contributed by atoms with E-state index in [9.17, 15) is 9.90 Å². The van der Waals surface area contributed by atoms with Gasteiger partial charge >= 0.3 is 5.97 Å². The first-order chi connectivity index (χ1) is 10.1. The summed E-state index contributed by atoms with van der Waals surface area (Å²) >= 11 is 0. The molecule has 1 saturated heterocycles. The van der Waals surface area contributed by atoms with Gasteiger partial charge in [-0.2, -0.15) is 0 Å². The molecule has 0 saturated carbocycles. The number of rotatable bonds is 3. The molecule has 2 aliphatic heterocycles. The van der Waals surface area contributed by atoms with Crippen molar-refractivity contribution >= 4 is 11.7 Å². The number of ether oxygens (including phenoxy) is 1. The SMILES string of the molecule is CC1CCc2ccccc2N1CC1(C(=O)O)CCOCC1. The highest BCUT2D eigenvalue weighted by Crippen LogP contribution is 2.37. The van der Waals surface area contributed by atoms with E-state index in [4.69, 9.17) is 4.74 Å². The minimum Gasteiger partial charge on any atom is -0.481 e. The third-order valence-corrected chi connectivity index (χ3v) is 5.04. The van der Waals surface area contributed by atoms with Crippen molar-refractivity contribution in [2.24, 2.45) is 5.41 Å². The third-order valence-electron chi connectivity index (χ3n) is 5.04. The van der Waals surface area contributed by atoms with E-state index in [0.717, 1.165) is 12.8 Å². The monoisotopic (exact) mass is 289 g/mol. The van der Waals surface area contributed by atoms with Crippen LogP contribution in [0, 0.1) is 5.41 Å². The van der Waals surface area contributed by atoms with Crippen LogP contribution in [0.4, 0.5) is 5.69 Å². The van der Waals surface area contributed by atoms with Crippen LogP contribution in [0.2, 0.25) is 0 Å².